The number of nitrogens with two attached hydrogens (primary N) is 1. The Kier molecular flexibility index (Phi) is 5.53. The molecule has 1 aromatic carbocycles. The van der Waals surface area contributed by atoms with Crippen LogP contribution in [0.15, 0.2) is 18.2 Å². The molecule has 0 spiro atoms. The summed E-state index contributed by atoms with van der Waals surface area (Å²) in [4.78, 5) is 2.44. The lowest BCUT2D eigenvalue weighted by Crippen LogP contribution is -2.54. The van der Waals surface area contributed by atoms with Gasteiger partial charge in [-0.05, 0) is 51.9 Å². The van der Waals surface area contributed by atoms with Crippen molar-refractivity contribution in [1.29, 1.82) is 0 Å². The Morgan fingerprint density at radius 1 is 1.21 bits per heavy atom. The van der Waals surface area contributed by atoms with Crippen molar-refractivity contribution in [3.8, 4) is 0 Å². The molecule has 1 rings (SSSR count). The van der Waals surface area contributed by atoms with E-state index < -0.39 is 0 Å². The molecule has 0 bridgehead atoms. The van der Waals surface area contributed by atoms with Crippen LogP contribution in [-0.2, 0) is 0 Å². The van der Waals surface area contributed by atoms with Gasteiger partial charge in [0, 0.05) is 5.54 Å². The Labute approximate surface area is 118 Å². The first kappa shape index (κ1) is 16.2. The Balaban J connectivity index is 3.22. The molecule has 1 atom stereocenters. The van der Waals surface area contributed by atoms with Crippen LogP contribution in [0.3, 0.4) is 0 Å². The van der Waals surface area contributed by atoms with E-state index in [1.807, 2.05) is 0 Å². The first-order chi connectivity index (χ1) is 8.88. The number of likely N-dealkylation sites (N-methyl/N-ethyl adjacent to an activating group) is 1. The van der Waals surface area contributed by atoms with E-state index >= 15 is 0 Å². The number of nitrogens with zero attached hydrogens (tertiary/aromatic N) is 1. The molecule has 0 heterocycles. The van der Waals surface area contributed by atoms with E-state index in [-0.39, 0.29) is 11.6 Å². The first-order valence-corrected chi connectivity index (χ1v) is 7.16. The predicted molar refractivity (Wildman–Crippen MR) is 83.0 cm³/mol. The molecule has 0 aliphatic heterocycles. The van der Waals surface area contributed by atoms with Gasteiger partial charge in [0.15, 0.2) is 0 Å². The molecule has 1 unspecified atom stereocenters. The fourth-order valence-corrected chi connectivity index (χ4v) is 2.97. The van der Waals surface area contributed by atoms with Gasteiger partial charge in [-0.15, -0.1) is 0 Å². The van der Waals surface area contributed by atoms with Crippen molar-refractivity contribution in [3.05, 3.63) is 34.9 Å². The van der Waals surface area contributed by atoms with Crippen molar-refractivity contribution < 1.29 is 0 Å². The Hall–Kier alpha value is -0.900. The number of hydrogen-bond donors (Lipinski definition) is 2. The smallest absolute Gasteiger partial charge is 0.0641 e. The van der Waals surface area contributed by atoms with Crippen molar-refractivity contribution in [2.75, 3.05) is 13.1 Å². The summed E-state index contributed by atoms with van der Waals surface area (Å²) in [5.74, 6) is 5.88. The lowest BCUT2D eigenvalue weighted by molar-refractivity contribution is 0.0910. The van der Waals surface area contributed by atoms with E-state index in [0.29, 0.717) is 0 Å². The maximum Gasteiger partial charge on any atom is 0.0641 e. The van der Waals surface area contributed by atoms with E-state index in [4.69, 9.17) is 5.84 Å². The minimum Gasteiger partial charge on any atom is -0.297 e. The zero-order chi connectivity index (χ0) is 14.6. The number of nitrogens with one attached hydrogen (secondary N) is 1. The number of hydrazine groups is 1. The molecule has 0 saturated carbocycles. The van der Waals surface area contributed by atoms with Crippen molar-refractivity contribution in [2.45, 2.75) is 53.1 Å². The summed E-state index contributed by atoms with van der Waals surface area (Å²) in [7, 11) is 0. The van der Waals surface area contributed by atoms with Gasteiger partial charge in [-0.2, -0.15) is 0 Å². The Morgan fingerprint density at radius 3 is 2.26 bits per heavy atom. The van der Waals surface area contributed by atoms with Gasteiger partial charge < -0.3 is 0 Å². The highest BCUT2D eigenvalue weighted by molar-refractivity contribution is 5.34. The minimum absolute atomic E-state index is 0.0309. The van der Waals surface area contributed by atoms with Gasteiger partial charge in [-0.1, -0.05) is 37.6 Å². The van der Waals surface area contributed by atoms with Gasteiger partial charge in [-0.3, -0.25) is 16.2 Å². The molecule has 0 fully saturated rings. The number of aryl methyl sites for hydroxylation is 2. The van der Waals surface area contributed by atoms with Crippen molar-refractivity contribution in [1.82, 2.24) is 10.3 Å². The molecule has 3 heteroatoms. The number of rotatable bonds is 6. The van der Waals surface area contributed by atoms with Crippen molar-refractivity contribution in [2.24, 2.45) is 5.84 Å². The summed E-state index contributed by atoms with van der Waals surface area (Å²) in [5.41, 5.74) is 6.85. The average molecular weight is 263 g/mol. The van der Waals surface area contributed by atoms with E-state index in [1.165, 1.54) is 16.7 Å². The van der Waals surface area contributed by atoms with E-state index in [2.05, 4.69) is 70.1 Å². The molecule has 1 aromatic rings. The second-order valence-electron chi connectivity index (χ2n) is 5.79. The molecule has 19 heavy (non-hydrogen) atoms. The molecular formula is C16H29N3. The molecule has 0 radical (unpaired) electrons. The normalized spacial score (nSPS) is 13.9. The summed E-state index contributed by atoms with van der Waals surface area (Å²) >= 11 is 0. The zero-order valence-electron chi connectivity index (χ0n) is 13.2. The van der Waals surface area contributed by atoms with Gasteiger partial charge in [-0.25, -0.2) is 0 Å². The monoisotopic (exact) mass is 263 g/mol. The minimum atomic E-state index is -0.0309. The third-order valence-corrected chi connectivity index (χ3v) is 4.20. The van der Waals surface area contributed by atoms with Gasteiger partial charge >= 0.3 is 0 Å². The quantitative estimate of drug-likeness (QED) is 0.612. The van der Waals surface area contributed by atoms with Crippen LogP contribution in [0.25, 0.3) is 0 Å². The highest BCUT2D eigenvalue weighted by atomic mass is 15.3. The highest BCUT2D eigenvalue weighted by Gasteiger charge is 2.35. The summed E-state index contributed by atoms with van der Waals surface area (Å²) in [6.45, 7) is 15.2. The molecule has 3 N–H and O–H groups in total. The molecule has 0 aromatic heterocycles. The molecule has 0 aliphatic carbocycles. The van der Waals surface area contributed by atoms with E-state index in [0.717, 1.165) is 13.1 Å². The predicted octanol–water partition coefficient (Wildman–Crippen LogP) is 2.93. The maximum atomic E-state index is 5.88. The van der Waals surface area contributed by atoms with Gasteiger partial charge in [0.1, 0.15) is 0 Å². The SMILES string of the molecule is CCN(CC)C(C)(C)C(NN)c1cc(C)ccc1C. The summed E-state index contributed by atoms with van der Waals surface area (Å²) in [6, 6.07) is 6.68. The van der Waals surface area contributed by atoms with Crippen LogP contribution in [0.5, 0.6) is 0 Å². The summed E-state index contributed by atoms with van der Waals surface area (Å²) in [6.07, 6.45) is 0. The lowest BCUT2D eigenvalue weighted by Gasteiger charge is -2.43. The van der Waals surface area contributed by atoms with Gasteiger partial charge in [0.05, 0.1) is 6.04 Å². The van der Waals surface area contributed by atoms with E-state index in [1.54, 1.807) is 0 Å². The largest absolute Gasteiger partial charge is 0.297 e. The Morgan fingerprint density at radius 2 is 1.79 bits per heavy atom. The molecule has 0 saturated heterocycles. The van der Waals surface area contributed by atoms with Crippen molar-refractivity contribution >= 4 is 0 Å². The average Bonchev–Trinajstić information content (AvgIpc) is 2.35. The van der Waals surface area contributed by atoms with Crippen LogP contribution in [-0.4, -0.2) is 23.5 Å². The molecule has 0 aliphatic rings. The van der Waals surface area contributed by atoms with Crippen LogP contribution >= 0.6 is 0 Å². The van der Waals surface area contributed by atoms with Gasteiger partial charge in [0.25, 0.3) is 0 Å². The topological polar surface area (TPSA) is 41.3 Å². The van der Waals surface area contributed by atoms with Crippen LogP contribution in [0, 0.1) is 13.8 Å². The maximum absolute atomic E-state index is 5.88. The van der Waals surface area contributed by atoms with Crippen LogP contribution in [0.1, 0.15) is 50.4 Å². The van der Waals surface area contributed by atoms with Gasteiger partial charge in [0.2, 0.25) is 0 Å². The number of benzene rings is 1. The standard InChI is InChI=1S/C16H29N3/c1-7-19(8-2)16(5,6)15(18-17)14-11-12(3)9-10-13(14)4/h9-11,15,18H,7-8,17H2,1-6H3. The van der Waals surface area contributed by atoms with Crippen molar-refractivity contribution in [3.63, 3.8) is 0 Å². The van der Waals surface area contributed by atoms with E-state index in [9.17, 15) is 0 Å². The highest BCUT2D eigenvalue weighted by Crippen LogP contribution is 2.32. The summed E-state index contributed by atoms with van der Waals surface area (Å²) in [5, 5.41) is 0. The lowest BCUT2D eigenvalue weighted by atomic mass is 9.84. The molecule has 3 nitrogen and oxygen atoms in total. The first-order valence-electron chi connectivity index (χ1n) is 7.16. The third-order valence-electron chi connectivity index (χ3n) is 4.20. The summed E-state index contributed by atoms with van der Waals surface area (Å²) < 4.78 is 0. The van der Waals surface area contributed by atoms with Crippen LogP contribution in [0.4, 0.5) is 0 Å². The second-order valence-corrected chi connectivity index (χ2v) is 5.79. The van der Waals surface area contributed by atoms with Crippen LogP contribution in [0.2, 0.25) is 0 Å². The zero-order valence-corrected chi connectivity index (χ0v) is 13.2. The fraction of sp³-hybridized carbons (Fsp3) is 0.625. The third kappa shape index (κ3) is 3.35. The fourth-order valence-electron chi connectivity index (χ4n) is 2.97. The second kappa shape index (κ2) is 6.51. The van der Waals surface area contributed by atoms with Crippen LogP contribution < -0.4 is 11.3 Å². The Bertz CT molecular complexity index is 408. The molecular weight excluding hydrogens is 234 g/mol. The molecule has 108 valence electrons. The number of hydrogen-bond acceptors (Lipinski definition) is 3. The molecule has 0 amide bonds.